The quantitative estimate of drug-likeness (QED) is 0.234. The molecule has 0 spiro atoms. The minimum atomic E-state index is 0.532. The van der Waals surface area contributed by atoms with Gasteiger partial charge in [-0.15, -0.1) is 0 Å². The molecule has 1 aliphatic rings. The molecule has 2 aromatic heterocycles. The highest BCUT2D eigenvalue weighted by molar-refractivity contribution is 5.90. The van der Waals surface area contributed by atoms with Crippen molar-refractivity contribution in [1.82, 2.24) is 14.8 Å². The first-order valence-electron chi connectivity index (χ1n) is 12.3. The third-order valence-electron chi connectivity index (χ3n) is 6.42. The topological polar surface area (TPSA) is 73.6 Å². The minimum Gasteiger partial charge on any atom is -0.486 e. The number of hydrazone groups is 1. The molecule has 7 nitrogen and oxygen atoms in total. The van der Waals surface area contributed by atoms with Crippen molar-refractivity contribution in [3.05, 3.63) is 95.2 Å². The number of rotatable bonds is 5. The average Bonchev–Trinajstić information content (AvgIpc) is 3.34. The van der Waals surface area contributed by atoms with Crippen LogP contribution >= 0.6 is 0 Å². The van der Waals surface area contributed by atoms with Crippen LogP contribution in [-0.4, -0.2) is 34.2 Å². The van der Waals surface area contributed by atoms with Crippen LogP contribution in [0, 0.1) is 20.8 Å². The Bertz CT molecular complexity index is 1640. The van der Waals surface area contributed by atoms with E-state index in [9.17, 15) is 0 Å². The minimum absolute atomic E-state index is 0.532. The number of anilines is 1. The van der Waals surface area contributed by atoms with Gasteiger partial charge in [0.25, 0.3) is 0 Å². The molecule has 3 aromatic carbocycles. The van der Waals surface area contributed by atoms with Gasteiger partial charge in [0.1, 0.15) is 24.7 Å². The Morgan fingerprint density at radius 2 is 1.70 bits per heavy atom. The first-order chi connectivity index (χ1) is 18.0. The van der Waals surface area contributed by atoms with Crippen LogP contribution in [0.1, 0.15) is 22.3 Å². The van der Waals surface area contributed by atoms with Crippen LogP contribution in [0.4, 0.5) is 5.82 Å². The summed E-state index contributed by atoms with van der Waals surface area (Å²) in [6, 6.07) is 22.3. The number of pyridine rings is 1. The van der Waals surface area contributed by atoms with Crippen molar-refractivity contribution in [3.8, 4) is 28.4 Å². The second-order valence-electron chi connectivity index (χ2n) is 9.24. The molecule has 3 heterocycles. The summed E-state index contributed by atoms with van der Waals surface area (Å²) in [5.41, 5.74) is 11.2. The van der Waals surface area contributed by atoms with Gasteiger partial charge in [-0.1, -0.05) is 29.8 Å². The summed E-state index contributed by atoms with van der Waals surface area (Å²) >= 11 is 0. The molecule has 5 aromatic rings. The Labute approximate surface area is 215 Å². The number of hydrogen-bond acceptors (Lipinski definition) is 6. The first kappa shape index (κ1) is 22.8. The Balaban J connectivity index is 1.36. The molecule has 7 heteroatoms. The lowest BCUT2D eigenvalue weighted by Crippen LogP contribution is -2.15. The van der Waals surface area contributed by atoms with Crippen molar-refractivity contribution in [1.29, 1.82) is 0 Å². The Morgan fingerprint density at radius 1 is 0.892 bits per heavy atom. The third kappa shape index (κ3) is 4.51. The number of ether oxygens (including phenoxy) is 2. The lowest BCUT2D eigenvalue weighted by atomic mass is 10.0. The molecule has 6 rings (SSSR count). The number of nitrogens with zero attached hydrogens (tertiary/aromatic N) is 4. The van der Waals surface area contributed by atoms with Gasteiger partial charge in [0.2, 0.25) is 0 Å². The predicted octanol–water partition coefficient (Wildman–Crippen LogP) is 6.23. The molecule has 0 fully saturated rings. The van der Waals surface area contributed by atoms with Crippen LogP contribution in [0.5, 0.6) is 11.5 Å². The van der Waals surface area contributed by atoms with Crippen molar-refractivity contribution in [2.45, 2.75) is 20.8 Å². The van der Waals surface area contributed by atoms with E-state index < -0.39 is 0 Å². The van der Waals surface area contributed by atoms with Crippen LogP contribution in [-0.2, 0) is 0 Å². The summed E-state index contributed by atoms with van der Waals surface area (Å²) in [5.74, 6) is 2.17. The fourth-order valence-electron chi connectivity index (χ4n) is 4.68. The standard InChI is InChI=1S/C30H27N5O2/c1-19-13-21(3)29-25(14-19)20(2)15-28(32-29)33-31-17-23-18-35(24-7-5-4-6-8-24)34-30(23)22-9-10-26-27(16-22)37-12-11-36-26/h4-10,13-18H,11-12H2,1-3H3,(H,32,33). The first-order valence-corrected chi connectivity index (χ1v) is 12.3. The molecule has 37 heavy (non-hydrogen) atoms. The molecule has 184 valence electrons. The Hall–Kier alpha value is -4.65. The third-order valence-corrected chi connectivity index (χ3v) is 6.42. The van der Waals surface area contributed by atoms with E-state index in [1.54, 1.807) is 6.21 Å². The summed E-state index contributed by atoms with van der Waals surface area (Å²) < 4.78 is 13.4. The van der Waals surface area contributed by atoms with Crippen molar-refractivity contribution >= 4 is 22.9 Å². The fraction of sp³-hybridized carbons (Fsp3) is 0.167. The van der Waals surface area contributed by atoms with Crippen LogP contribution in [0.25, 0.3) is 27.8 Å². The molecular weight excluding hydrogens is 462 g/mol. The van der Waals surface area contributed by atoms with Crippen LogP contribution in [0.2, 0.25) is 0 Å². The summed E-state index contributed by atoms with van der Waals surface area (Å²) in [7, 11) is 0. The largest absolute Gasteiger partial charge is 0.486 e. The van der Waals surface area contributed by atoms with Crippen molar-refractivity contribution < 1.29 is 9.47 Å². The van der Waals surface area contributed by atoms with E-state index in [1.807, 2.05) is 65.5 Å². The van der Waals surface area contributed by atoms with Gasteiger partial charge in [0.15, 0.2) is 11.5 Å². The summed E-state index contributed by atoms with van der Waals surface area (Å²) in [6.45, 7) is 7.38. The van der Waals surface area contributed by atoms with Gasteiger partial charge >= 0.3 is 0 Å². The zero-order valence-corrected chi connectivity index (χ0v) is 21.0. The normalized spacial score (nSPS) is 12.8. The monoisotopic (exact) mass is 489 g/mol. The number of benzene rings is 3. The van der Waals surface area contributed by atoms with Gasteiger partial charge in [0.05, 0.1) is 17.4 Å². The molecule has 0 amide bonds. The molecule has 0 radical (unpaired) electrons. The van der Waals surface area contributed by atoms with Gasteiger partial charge in [0, 0.05) is 22.7 Å². The number of aromatic nitrogens is 3. The van der Waals surface area contributed by atoms with E-state index in [1.165, 1.54) is 5.56 Å². The summed E-state index contributed by atoms with van der Waals surface area (Å²) in [4.78, 5) is 4.81. The Kier molecular flexibility index (Phi) is 5.81. The van der Waals surface area contributed by atoms with E-state index in [-0.39, 0.29) is 0 Å². The highest BCUT2D eigenvalue weighted by Gasteiger charge is 2.17. The fourth-order valence-corrected chi connectivity index (χ4v) is 4.68. The van der Waals surface area contributed by atoms with E-state index in [0.29, 0.717) is 19.0 Å². The van der Waals surface area contributed by atoms with Crippen molar-refractivity contribution in [2.24, 2.45) is 5.10 Å². The van der Waals surface area contributed by atoms with Crippen LogP contribution in [0.15, 0.2) is 78.0 Å². The lowest BCUT2D eigenvalue weighted by Gasteiger charge is -2.18. The lowest BCUT2D eigenvalue weighted by molar-refractivity contribution is 0.171. The average molecular weight is 490 g/mol. The number of hydrogen-bond donors (Lipinski definition) is 1. The zero-order chi connectivity index (χ0) is 25.4. The molecule has 0 saturated carbocycles. The van der Waals surface area contributed by atoms with E-state index >= 15 is 0 Å². The molecule has 0 atom stereocenters. The molecular formula is C30H27N5O2. The number of aryl methyl sites for hydroxylation is 3. The van der Waals surface area contributed by atoms with Gasteiger partial charge in [-0.3, -0.25) is 5.43 Å². The number of nitrogens with one attached hydrogen (secondary N) is 1. The Morgan fingerprint density at radius 3 is 2.54 bits per heavy atom. The van der Waals surface area contributed by atoms with Gasteiger partial charge in [-0.2, -0.15) is 10.2 Å². The molecule has 0 aliphatic carbocycles. The molecule has 0 saturated heterocycles. The van der Waals surface area contributed by atoms with E-state index in [4.69, 9.17) is 19.6 Å². The molecule has 0 bridgehead atoms. The van der Waals surface area contributed by atoms with E-state index in [2.05, 4.69) is 43.4 Å². The SMILES string of the molecule is Cc1cc(C)c2nc(NN=Cc3cn(-c4ccccc4)nc3-c3ccc4c(c3)OCCO4)cc(C)c2c1. The number of fused-ring (bicyclic) bond motifs is 2. The molecule has 1 N–H and O–H groups in total. The van der Waals surface area contributed by atoms with Gasteiger partial charge < -0.3 is 9.47 Å². The van der Waals surface area contributed by atoms with E-state index in [0.717, 1.165) is 56.0 Å². The smallest absolute Gasteiger partial charge is 0.162 e. The van der Waals surface area contributed by atoms with Gasteiger partial charge in [-0.05, 0) is 74.4 Å². The van der Waals surface area contributed by atoms with Crippen LogP contribution < -0.4 is 14.9 Å². The molecule has 0 unspecified atom stereocenters. The van der Waals surface area contributed by atoms with Crippen molar-refractivity contribution in [2.75, 3.05) is 18.6 Å². The maximum atomic E-state index is 5.81. The highest BCUT2D eigenvalue weighted by Crippen LogP contribution is 2.35. The van der Waals surface area contributed by atoms with Crippen molar-refractivity contribution in [3.63, 3.8) is 0 Å². The maximum absolute atomic E-state index is 5.81. The summed E-state index contributed by atoms with van der Waals surface area (Å²) in [5, 5.41) is 10.6. The second kappa shape index (κ2) is 9.43. The highest BCUT2D eigenvalue weighted by atomic mass is 16.6. The maximum Gasteiger partial charge on any atom is 0.162 e. The van der Waals surface area contributed by atoms with Crippen LogP contribution in [0.3, 0.4) is 0 Å². The number of para-hydroxylation sites is 1. The summed E-state index contributed by atoms with van der Waals surface area (Å²) in [6.07, 6.45) is 3.75. The second-order valence-corrected chi connectivity index (χ2v) is 9.24. The molecule has 1 aliphatic heterocycles. The van der Waals surface area contributed by atoms with Gasteiger partial charge in [-0.25, -0.2) is 9.67 Å². The zero-order valence-electron chi connectivity index (χ0n) is 21.0. The predicted molar refractivity (Wildman–Crippen MR) is 147 cm³/mol.